The standard InChI is InChI=1S/C9H15BrN4S/c1-3-15-5-6(2)12-9-13-7(10)4-8(11)14-9/h4,6H,3,5H2,1-2H3,(H3,11,12,13,14). The van der Waals surface area contributed by atoms with E-state index in [9.17, 15) is 0 Å². The summed E-state index contributed by atoms with van der Waals surface area (Å²) in [5.74, 6) is 3.19. The van der Waals surface area contributed by atoms with E-state index in [4.69, 9.17) is 5.73 Å². The summed E-state index contributed by atoms with van der Waals surface area (Å²) in [5.41, 5.74) is 5.61. The van der Waals surface area contributed by atoms with Crippen molar-refractivity contribution >= 4 is 39.5 Å². The summed E-state index contributed by atoms with van der Waals surface area (Å²) in [7, 11) is 0. The predicted octanol–water partition coefficient (Wildman–Crippen LogP) is 2.37. The number of hydrogen-bond acceptors (Lipinski definition) is 5. The fraction of sp³-hybridized carbons (Fsp3) is 0.556. The molecule has 1 aromatic rings. The van der Waals surface area contributed by atoms with Gasteiger partial charge in [-0.2, -0.15) is 16.7 Å². The van der Waals surface area contributed by atoms with Gasteiger partial charge in [0.25, 0.3) is 0 Å². The van der Waals surface area contributed by atoms with Crippen molar-refractivity contribution in [2.45, 2.75) is 19.9 Å². The molecule has 0 saturated carbocycles. The van der Waals surface area contributed by atoms with E-state index in [1.54, 1.807) is 6.07 Å². The molecule has 1 heterocycles. The molecule has 0 saturated heterocycles. The van der Waals surface area contributed by atoms with E-state index in [2.05, 4.69) is 45.1 Å². The smallest absolute Gasteiger partial charge is 0.225 e. The Kier molecular flexibility index (Phi) is 5.17. The molecule has 6 heteroatoms. The Labute approximate surface area is 103 Å². The van der Waals surface area contributed by atoms with E-state index in [-0.39, 0.29) is 0 Å². The zero-order valence-corrected chi connectivity index (χ0v) is 11.2. The second-order valence-corrected chi connectivity index (χ2v) is 5.28. The number of aromatic nitrogens is 2. The van der Waals surface area contributed by atoms with Crippen LogP contribution in [-0.2, 0) is 0 Å². The highest BCUT2D eigenvalue weighted by atomic mass is 79.9. The summed E-state index contributed by atoms with van der Waals surface area (Å²) in [5, 5.41) is 3.21. The van der Waals surface area contributed by atoms with Gasteiger partial charge in [0.05, 0.1) is 0 Å². The molecule has 0 aliphatic carbocycles. The largest absolute Gasteiger partial charge is 0.383 e. The van der Waals surface area contributed by atoms with Crippen molar-refractivity contribution in [1.82, 2.24) is 9.97 Å². The van der Waals surface area contributed by atoms with Crippen molar-refractivity contribution in [3.05, 3.63) is 10.7 Å². The van der Waals surface area contributed by atoms with E-state index in [1.165, 1.54) is 0 Å². The third-order valence-electron chi connectivity index (χ3n) is 1.66. The Balaban J connectivity index is 2.56. The van der Waals surface area contributed by atoms with Crippen molar-refractivity contribution < 1.29 is 0 Å². The lowest BCUT2D eigenvalue weighted by Crippen LogP contribution is -2.20. The van der Waals surface area contributed by atoms with Crippen LogP contribution in [0.1, 0.15) is 13.8 Å². The number of hydrogen-bond donors (Lipinski definition) is 2. The van der Waals surface area contributed by atoms with Crippen LogP contribution in [0.25, 0.3) is 0 Å². The van der Waals surface area contributed by atoms with Gasteiger partial charge >= 0.3 is 0 Å². The molecule has 0 radical (unpaired) electrons. The molecule has 4 nitrogen and oxygen atoms in total. The summed E-state index contributed by atoms with van der Waals surface area (Å²) in [4.78, 5) is 8.29. The van der Waals surface area contributed by atoms with Gasteiger partial charge in [0.2, 0.25) is 5.95 Å². The Bertz CT molecular complexity index is 301. The van der Waals surface area contributed by atoms with Crippen LogP contribution in [0.3, 0.4) is 0 Å². The highest BCUT2D eigenvalue weighted by molar-refractivity contribution is 9.10. The van der Waals surface area contributed by atoms with Crippen molar-refractivity contribution in [1.29, 1.82) is 0 Å². The van der Waals surface area contributed by atoms with E-state index in [0.29, 0.717) is 22.4 Å². The van der Waals surface area contributed by atoms with Gasteiger partial charge in [-0.25, -0.2) is 4.98 Å². The monoisotopic (exact) mass is 290 g/mol. The lowest BCUT2D eigenvalue weighted by molar-refractivity contribution is 0.885. The van der Waals surface area contributed by atoms with Crippen LogP contribution in [0, 0.1) is 0 Å². The van der Waals surface area contributed by atoms with Gasteiger partial charge in [0.15, 0.2) is 0 Å². The van der Waals surface area contributed by atoms with Gasteiger partial charge in [0, 0.05) is 17.9 Å². The summed E-state index contributed by atoms with van der Waals surface area (Å²) in [6.45, 7) is 4.24. The normalized spacial score (nSPS) is 12.5. The van der Waals surface area contributed by atoms with Crippen LogP contribution in [0.5, 0.6) is 0 Å². The molecular formula is C9H15BrN4S. The maximum Gasteiger partial charge on any atom is 0.225 e. The maximum atomic E-state index is 5.61. The molecule has 84 valence electrons. The third kappa shape index (κ3) is 4.70. The Morgan fingerprint density at radius 1 is 1.60 bits per heavy atom. The lowest BCUT2D eigenvalue weighted by atomic mass is 10.4. The first-order valence-corrected chi connectivity index (χ1v) is 6.71. The SMILES string of the molecule is CCSCC(C)Nc1nc(N)cc(Br)n1. The molecule has 0 bridgehead atoms. The fourth-order valence-electron chi connectivity index (χ4n) is 1.06. The first-order valence-electron chi connectivity index (χ1n) is 4.76. The minimum Gasteiger partial charge on any atom is -0.383 e. The van der Waals surface area contributed by atoms with Gasteiger partial charge in [-0.05, 0) is 28.6 Å². The molecule has 3 N–H and O–H groups in total. The van der Waals surface area contributed by atoms with E-state index >= 15 is 0 Å². The highest BCUT2D eigenvalue weighted by Gasteiger charge is 2.05. The number of nitrogens with one attached hydrogen (secondary N) is 1. The number of anilines is 2. The Hall–Kier alpha value is -0.490. The molecule has 1 atom stereocenters. The van der Waals surface area contributed by atoms with Crippen molar-refractivity contribution in [3.63, 3.8) is 0 Å². The van der Waals surface area contributed by atoms with Crippen LogP contribution < -0.4 is 11.1 Å². The van der Waals surface area contributed by atoms with Gasteiger partial charge in [-0.1, -0.05) is 6.92 Å². The summed E-state index contributed by atoms with van der Waals surface area (Å²) in [6, 6.07) is 2.01. The zero-order chi connectivity index (χ0) is 11.3. The van der Waals surface area contributed by atoms with Gasteiger partial charge in [0.1, 0.15) is 10.4 Å². The fourth-order valence-corrected chi connectivity index (χ4v) is 2.13. The van der Waals surface area contributed by atoms with E-state index in [1.807, 2.05) is 11.8 Å². The molecule has 0 aliphatic heterocycles. The number of nitrogens with two attached hydrogens (primary N) is 1. The molecule has 0 spiro atoms. The molecule has 1 unspecified atom stereocenters. The van der Waals surface area contributed by atoms with E-state index in [0.717, 1.165) is 11.5 Å². The maximum absolute atomic E-state index is 5.61. The number of halogens is 1. The van der Waals surface area contributed by atoms with Crippen molar-refractivity contribution in [3.8, 4) is 0 Å². The van der Waals surface area contributed by atoms with Crippen LogP contribution in [0.4, 0.5) is 11.8 Å². The highest BCUT2D eigenvalue weighted by Crippen LogP contribution is 2.13. The predicted molar refractivity (Wildman–Crippen MR) is 70.2 cm³/mol. The lowest BCUT2D eigenvalue weighted by Gasteiger charge is -2.13. The van der Waals surface area contributed by atoms with Crippen LogP contribution in [0.2, 0.25) is 0 Å². The average molecular weight is 291 g/mol. The van der Waals surface area contributed by atoms with Crippen LogP contribution in [0.15, 0.2) is 10.7 Å². The van der Waals surface area contributed by atoms with Crippen LogP contribution in [-0.4, -0.2) is 27.5 Å². The topological polar surface area (TPSA) is 63.8 Å². The summed E-state index contributed by atoms with van der Waals surface area (Å²) < 4.78 is 0.702. The molecule has 1 rings (SSSR count). The summed E-state index contributed by atoms with van der Waals surface area (Å²) in [6.07, 6.45) is 0. The summed E-state index contributed by atoms with van der Waals surface area (Å²) >= 11 is 5.16. The Morgan fingerprint density at radius 3 is 2.93 bits per heavy atom. The first-order chi connectivity index (χ1) is 7.11. The number of rotatable bonds is 5. The van der Waals surface area contributed by atoms with Gasteiger partial charge < -0.3 is 11.1 Å². The number of nitrogens with zero attached hydrogens (tertiary/aromatic N) is 2. The number of nitrogen functional groups attached to an aromatic ring is 1. The second-order valence-electron chi connectivity index (χ2n) is 3.14. The molecule has 15 heavy (non-hydrogen) atoms. The quantitative estimate of drug-likeness (QED) is 0.815. The minimum absolute atomic E-state index is 0.337. The number of thioether (sulfide) groups is 1. The van der Waals surface area contributed by atoms with Gasteiger partial charge in [-0.15, -0.1) is 0 Å². The third-order valence-corrected chi connectivity index (χ3v) is 3.21. The first kappa shape index (κ1) is 12.6. The molecule has 0 aliphatic rings. The molecule has 1 aromatic heterocycles. The van der Waals surface area contributed by atoms with Crippen LogP contribution >= 0.6 is 27.7 Å². The van der Waals surface area contributed by atoms with Gasteiger partial charge in [-0.3, -0.25) is 0 Å². The van der Waals surface area contributed by atoms with E-state index < -0.39 is 0 Å². The average Bonchev–Trinajstić information content (AvgIpc) is 2.13. The molecule has 0 amide bonds. The molecule has 0 aromatic carbocycles. The van der Waals surface area contributed by atoms with Crippen molar-refractivity contribution in [2.24, 2.45) is 0 Å². The molecular weight excluding hydrogens is 276 g/mol. The zero-order valence-electron chi connectivity index (χ0n) is 8.83. The second kappa shape index (κ2) is 6.17. The van der Waals surface area contributed by atoms with Crippen molar-refractivity contribution in [2.75, 3.05) is 22.6 Å². The Morgan fingerprint density at radius 2 is 2.33 bits per heavy atom. The molecule has 0 fully saturated rings. The minimum atomic E-state index is 0.337.